The molecule has 0 spiro atoms. The fraction of sp³-hybridized carbons (Fsp3) is 0.529. The van der Waals surface area contributed by atoms with E-state index in [1.807, 2.05) is 4.90 Å². The van der Waals surface area contributed by atoms with Gasteiger partial charge in [0.05, 0.1) is 37.8 Å². The minimum absolute atomic E-state index is 0.118. The monoisotopic (exact) mass is 337 g/mol. The molecule has 7 heteroatoms. The van der Waals surface area contributed by atoms with Crippen LogP contribution in [-0.2, 0) is 25.5 Å². The fourth-order valence-corrected chi connectivity index (χ4v) is 2.76. The smallest absolute Gasteiger partial charge is 0.309 e. The minimum atomic E-state index is -1.05. The molecule has 1 aliphatic rings. The number of rotatable bonds is 7. The number of hydrogen-bond acceptors (Lipinski definition) is 6. The van der Waals surface area contributed by atoms with Crippen LogP contribution < -0.4 is 4.90 Å². The number of ether oxygens (including phenoxy) is 2. The summed E-state index contributed by atoms with van der Waals surface area (Å²) in [5.74, 6) is -2.23. The van der Waals surface area contributed by atoms with Gasteiger partial charge in [0.1, 0.15) is 5.75 Å². The third-order valence-electron chi connectivity index (χ3n) is 3.91. The standard InChI is InChI=1S/C17H23NO6/c1-2-24-17(22)13(11-16(20)21)9-12-3-4-14(15(19)10-12)18-5-7-23-8-6-18/h3-4,10,13,19H,2,5-9,11H2,1H3,(H,20,21)/t13-/m1/s1. The zero-order valence-electron chi connectivity index (χ0n) is 13.7. The van der Waals surface area contributed by atoms with E-state index in [1.54, 1.807) is 25.1 Å². The highest BCUT2D eigenvalue weighted by Gasteiger charge is 2.24. The van der Waals surface area contributed by atoms with E-state index >= 15 is 0 Å². The van der Waals surface area contributed by atoms with E-state index < -0.39 is 17.9 Å². The Bertz CT molecular complexity index is 582. The molecule has 1 aromatic carbocycles. The lowest BCUT2D eigenvalue weighted by atomic mass is 9.95. The van der Waals surface area contributed by atoms with Crippen molar-refractivity contribution in [1.29, 1.82) is 0 Å². The van der Waals surface area contributed by atoms with Crippen molar-refractivity contribution < 1.29 is 29.3 Å². The number of phenolic OH excluding ortho intramolecular Hbond substituents is 1. The van der Waals surface area contributed by atoms with Gasteiger partial charge in [-0.15, -0.1) is 0 Å². The molecule has 1 heterocycles. The lowest BCUT2D eigenvalue weighted by Crippen LogP contribution is -2.36. The molecule has 24 heavy (non-hydrogen) atoms. The molecule has 7 nitrogen and oxygen atoms in total. The highest BCUT2D eigenvalue weighted by atomic mass is 16.5. The Morgan fingerprint density at radius 3 is 2.62 bits per heavy atom. The maximum Gasteiger partial charge on any atom is 0.309 e. The maximum atomic E-state index is 11.9. The third kappa shape index (κ3) is 4.86. The van der Waals surface area contributed by atoms with Crippen molar-refractivity contribution in [2.24, 2.45) is 5.92 Å². The van der Waals surface area contributed by atoms with Crippen molar-refractivity contribution in [2.45, 2.75) is 19.8 Å². The predicted molar refractivity (Wildman–Crippen MR) is 87.2 cm³/mol. The lowest BCUT2D eigenvalue weighted by Gasteiger charge is -2.29. The molecule has 0 radical (unpaired) electrons. The molecule has 0 unspecified atom stereocenters. The number of carboxylic acids is 1. The van der Waals surface area contributed by atoms with Crippen molar-refractivity contribution >= 4 is 17.6 Å². The molecule has 1 saturated heterocycles. The predicted octanol–water partition coefficient (Wildman–Crippen LogP) is 1.43. The molecule has 0 aromatic heterocycles. The van der Waals surface area contributed by atoms with Gasteiger partial charge in [0, 0.05) is 13.1 Å². The molecule has 0 amide bonds. The molecule has 1 fully saturated rings. The molecule has 0 saturated carbocycles. The molecule has 132 valence electrons. The number of carbonyl (C=O) groups excluding carboxylic acids is 1. The zero-order valence-corrected chi connectivity index (χ0v) is 13.7. The van der Waals surface area contributed by atoms with Gasteiger partial charge in [-0.2, -0.15) is 0 Å². The van der Waals surface area contributed by atoms with Gasteiger partial charge in [0.25, 0.3) is 0 Å². The van der Waals surface area contributed by atoms with Crippen molar-refractivity contribution in [2.75, 3.05) is 37.8 Å². The van der Waals surface area contributed by atoms with Crippen molar-refractivity contribution in [3.63, 3.8) is 0 Å². The van der Waals surface area contributed by atoms with E-state index in [1.165, 1.54) is 0 Å². The van der Waals surface area contributed by atoms with Crippen LogP contribution >= 0.6 is 0 Å². The molecule has 1 aliphatic heterocycles. The number of aromatic hydroxyl groups is 1. The number of esters is 1. The van der Waals surface area contributed by atoms with Gasteiger partial charge in [0.2, 0.25) is 0 Å². The summed E-state index contributed by atoms with van der Waals surface area (Å²) >= 11 is 0. The van der Waals surface area contributed by atoms with Crippen molar-refractivity contribution in [1.82, 2.24) is 0 Å². The minimum Gasteiger partial charge on any atom is -0.506 e. The number of nitrogens with zero attached hydrogens (tertiary/aromatic N) is 1. The van der Waals surface area contributed by atoms with Crippen molar-refractivity contribution in [3.05, 3.63) is 23.8 Å². The Morgan fingerprint density at radius 2 is 2.04 bits per heavy atom. The second kappa shape index (κ2) is 8.54. The summed E-state index contributed by atoms with van der Waals surface area (Å²) in [6.45, 7) is 4.53. The Labute approximate surface area is 140 Å². The number of hydrogen-bond donors (Lipinski definition) is 2. The van der Waals surface area contributed by atoms with Crippen LogP contribution in [0.5, 0.6) is 5.75 Å². The summed E-state index contributed by atoms with van der Waals surface area (Å²) in [7, 11) is 0. The highest BCUT2D eigenvalue weighted by molar-refractivity contribution is 5.79. The first-order valence-electron chi connectivity index (χ1n) is 8.04. The van der Waals surface area contributed by atoms with E-state index in [9.17, 15) is 14.7 Å². The van der Waals surface area contributed by atoms with Crippen LogP contribution in [0.1, 0.15) is 18.9 Å². The van der Waals surface area contributed by atoms with Crippen molar-refractivity contribution in [3.8, 4) is 5.75 Å². The highest BCUT2D eigenvalue weighted by Crippen LogP contribution is 2.30. The van der Waals surface area contributed by atoms with Crippen LogP contribution in [0.2, 0.25) is 0 Å². The van der Waals surface area contributed by atoms with E-state index in [2.05, 4.69) is 0 Å². The third-order valence-corrected chi connectivity index (χ3v) is 3.91. The number of carbonyl (C=O) groups is 2. The Kier molecular flexibility index (Phi) is 6.43. The van der Waals surface area contributed by atoms with Crippen LogP contribution in [0.25, 0.3) is 0 Å². The zero-order chi connectivity index (χ0) is 17.5. The summed E-state index contributed by atoms with van der Waals surface area (Å²) in [6.07, 6.45) is -0.0904. The SMILES string of the molecule is CCOC(=O)[C@@H](CC(=O)O)Cc1ccc(N2CCOCC2)c(O)c1. The topological polar surface area (TPSA) is 96.3 Å². The van der Waals surface area contributed by atoms with Crippen LogP contribution in [0.3, 0.4) is 0 Å². The Morgan fingerprint density at radius 1 is 1.33 bits per heavy atom. The molecular formula is C17H23NO6. The van der Waals surface area contributed by atoms with Gasteiger partial charge < -0.3 is 24.6 Å². The number of phenols is 1. The van der Waals surface area contributed by atoms with E-state index in [0.29, 0.717) is 37.6 Å². The van der Waals surface area contributed by atoms with Crippen LogP contribution in [-0.4, -0.2) is 55.1 Å². The van der Waals surface area contributed by atoms with Gasteiger partial charge in [-0.25, -0.2) is 0 Å². The number of anilines is 1. The number of aliphatic carboxylic acids is 1. The van der Waals surface area contributed by atoms with Gasteiger partial charge >= 0.3 is 11.9 Å². The first kappa shape index (κ1) is 18.1. The number of benzene rings is 1. The summed E-state index contributed by atoms with van der Waals surface area (Å²) in [6, 6.07) is 5.18. The fourth-order valence-electron chi connectivity index (χ4n) is 2.76. The summed E-state index contributed by atoms with van der Waals surface area (Å²) < 4.78 is 10.2. The molecule has 0 bridgehead atoms. The van der Waals surface area contributed by atoms with Gasteiger partial charge in [-0.05, 0) is 31.0 Å². The van der Waals surface area contributed by atoms with E-state index in [4.69, 9.17) is 14.6 Å². The lowest BCUT2D eigenvalue weighted by molar-refractivity contribution is -0.152. The summed E-state index contributed by atoms with van der Waals surface area (Å²) in [4.78, 5) is 24.9. The average molecular weight is 337 g/mol. The maximum absolute atomic E-state index is 11.9. The van der Waals surface area contributed by atoms with E-state index in [-0.39, 0.29) is 25.2 Å². The summed E-state index contributed by atoms with van der Waals surface area (Å²) in [5, 5.41) is 19.2. The molecule has 2 rings (SSSR count). The molecule has 2 N–H and O–H groups in total. The normalized spacial score (nSPS) is 15.8. The number of morpholine rings is 1. The first-order valence-corrected chi connectivity index (χ1v) is 8.04. The van der Waals surface area contributed by atoms with Gasteiger partial charge in [-0.3, -0.25) is 9.59 Å². The second-order valence-electron chi connectivity index (χ2n) is 5.67. The van der Waals surface area contributed by atoms with Crippen LogP contribution in [0, 0.1) is 5.92 Å². The van der Waals surface area contributed by atoms with Crippen LogP contribution in [0.15, 0.2) is 18.2 Å². The van der Waals surface area contributed by atoms with Crippen LogP contribution in [0.4, 0.5) is 5.69 Å². The van der Waals surface area contributed by atoms with E-state index in [0.717, 1.165) is 0 Å². The quantitative estimate of drug-likeness (QED) is 0.726. The first-order chi connectivity index (χ1) is 11.5. The Balaban J connectivity index is 2.10. The second-order valence-corrected chi connectivity index (χ2v) is 5.67. The molecule has 0 aliphatic carbocycles. The number of carboxylic acid groups (broad SMARTS) is 1. The average Bonchev–Trinajstić information content (AvgIpc) is 2.55. The molecular weight excluding hydrogens is 314 g/mol. The summed E-state index contributed by atoms with van der Waals surface area (Å²) in [5.41, 5.74) is 1.41. The Hall–Kier alpha value is -2.28. The van der Waals surface area contributed by atoms with Gasteiger partial charge in [-0.1, -0.05) is 6.07 Å². The molecule has 1 aromatic rings. The largest absolute Gasteiger partial charge is 0.506 e. The molecule has 1 atom stereocenters. The van der Waals surface area contributed by atoms with Gasteiger partial charge in [0.15, 0.2) is 0 Å².